The molecule has 1 amide bonds. The Kier molecular flexibility index (Phi) is 3.79. The van der Waals surface area contributed by atoms with Crippen LogP contribution in [0.25, 0.3) is 11.4 Å². The summed E-state index contributed by atoms with van der Waals surface area (Å²) < 4.78 is 7.00. The number of nitrogens with two attached hydrogens (primary N) is 1. The highest BCUT2D eigenvalue weighted by molar-refractivity contribution is 5.78. The lowest BCUT2D eigenvalue weighted by Crippen LogP contribution is -2.24. The van der Waals surface area contributed by atoms with Crippen molar-refractivity contribution in [1.29, 1.82) is 0 Å². The third-order valence-electron chi connectivity index (χ3n) is 2.78. The molecule has 1 atom stereocenters. The van der Waals surface area contributed by atoms with Crippen LogP contribution in [-0.2, 0) is 4.79 Å². The number of carbonyl (C=O) groups is 1. The van der Waals surface area contributed by atoms with Crippen LogP contribution in [0.15, 0.2) is 30.7 Å². The Morgan fingerprint density at radius 2 is 2.26 bits per heavy atom. The summed E-state index contributed by atoms with van der Waals surface area (Å²) >= 11 is 0. The van der Waals surface area contributed by atoms with Crippen LogP contribution in [0.2, 0.25) is 0 Å². The highest BCUT2D eigenvalue weighted by Crippen LogP contribution is 2.21. The average molecular weight is 260 g/mol. The largest absolute Gasteiger partial charge is 0.478 e. The molecular formula is C13H16N4O2. The second kappa shape index (κ2) is 5.51. The molecule has 0 saturated carbocycles. The minimum Gasteiger partial charge on any atom is -0.478 e. The summed E-state index contributed by atoms with van der Waals surface area (Å²) in [6, 6.07) is 3.17. The Morgan fingerprint density at radius 1 is 1.47 bits per heavy atom. The van der Waals surface area contributed by atoms with Gasteiger partial charge in [0.15, 0.2) is 0 Å². The third kappa shape index (κ3) is 2.73. The van der Waals surface area contributed by atoms with E-state index in [1.54, 1.807) is 36.1 Å². The van der Waals surface area contributed by atoms with Crippen LogP contribution < -0.4 is 10.5 Å². The number of ether oxygens (including phenoxy) is 1. The highest BCUT2D eigenvalue weighted by Gasteiger charge is 2.16. The summed E-state index contributed by atoms with van der Waals surface area (Å²) in [6.45, 7) is 4.20. The fraction of sp³-hybridized carbons (Fsp3) is 0.308. The van der Waals surface area contributed by atoms with Gasteiger partial charge in [-0.3, -0.25) is 4.79 Å². The molecule has 0 aliphatic carbocycles. The summed E-state index contributed by atoms with van der Waals surface area (Å²) in [5.41, 5.74) is 6.12. The van der Waals surface area contributed by atoms with Crippen LogP contribution >= 0.6 is 0 Å². The topological polar surface area (TPSA) is 83.0 Å². The first-order valence-corrected chi connectivity index (χ1v) is 6.05. The molecule has 0 aliphatic heterocycles. The van der Waals surface area contributed by atoms with E-state index in [1.165, 1.54) is 0 Å². The van der Waals surface area contributed by atoms with Crippen molar-refractivity contribution in [1.82, 2.24) is 14.5 Å². The Labute approximate surface area is 111 Å². The summed E-state index contributed by atoms with van der Waals surface area (Å²) in [6.07, 6.45) is 5.02. The van der Waals surface area contributed by atoms with Crippen LogP contribution in [0.4, 0.5) is 0 Å². The van der Waals surface area contributed by atoms with Gasteiger partial charge in [-0.15, -0.1) is 0 Å². The molecule has 0 fully saturated rings. The van der Waals surface area contributed by atoms with Gasteiger partial charge in [0, 0.05) is 30.2 Å². The lowest BCUT2D eigenvalue weighted by Gasteiger charge is -2.13. The monoisotopic (exact) mass is 260 g/mol. The van der Waals surface area contributed by atoms with Gasteiger partial charge in [0.25, 0.3) is 0 Å². The molecule has 2 aromatic heterocycles. The normalized spacial score (nSPS) is 12.1. The van der Waals surface area contributed by atoms with Crippen molar-refractivity contribution in [2.24, 2.45) is 5.73 Å². The zero-order chi connectivity index (χ0) is 13.8. The second-order valence-electron chi connectivity index (χ2n) is 4.05. The van der Waals surface area contributed by atoms with Crippen molar-refractivity contribution >= 4 is 5.91 Å². The van der Waals surface area contributed by atoms with Gasteiger partial charge in [0.2, 0.25) is 11.8 Å². The van der Waals surface area contributed by atoms with Crippen molar-refractivity contribution in [3.63, 3.8) is 0 Å². The standard InChI is InChI=1S/C13H16N4O2/c1-3-19-11-5-4-10(8-16-11)13-15-6-7-17(13)9(2)12(14)18/h4-9H,3H2,1-2H3,(H2,14,18)/t9-/m0/s1. The maximum Gasteiger partial charge on any atom is 0.240 e. The predicted octanol–water partition coefficient (Wildman–Crippen LogP) is 1.39. The molecule has 0 spiro atoms. The van der Waals surface area contributed by atoms with Gasteiger partial charge < -0.3 is 15.0 Å². The molecule has 0 unspecified atom stereocenters. The molecule has 0 bridgehead atoms. The SMILES string of the molecule is CCOc1ccc(-c2nccn2[C@@H](C)C(N)=O)cn1. The predicted molar refractivity (Wildman–Crippen MR) is 70.5 cm³/mol. The van der Waals surface area contributed by atoms with E-state index in [0.29, 0.717) is 18.3 Å². The lowest BCUT2D eigenvalue weighted by atomic mass is 10.2. The fourth-order valence-electron chi connectivity index (χ4n) is 1.73. The van der Waals surface area contributed by atoms with Crippen molar-refractivity contribution in [2.75, 3.05) is 6.61 Å². The number of amides is 1. The third-order valence-corrected chi connectivity index (χ3v) is 2.78. The zero-order valence-corrected chi connectivity index (χ0v) is 10.9. The molecule has 2 heterocycles. The Balaban J connectivity index is 2.32. The van der Waals surface area contributed by atoms with Gasteiger partial charge in [-0.05, 0) is 19.9 Å². The number of aromatic nitrogens is 3. The second-order valence-corrected chi connectivity index (χ2v) is 4.05. The van der Waals surface area contributed by atoms with Crippen LogP contribution in [0, 0.1) is 0 Å². The van der Waals surface area contributed by atoms with Gasteiger partial charge in [0.1, 0.15) is 11.9 Å². The molecule has 0 aromatic carbocycles. The molecule has 2 aromatic rings. The Hall–Kier alpha value is -2.37. The summed E-state index contributed by atoms with van der Waals surface area (Å²) in [4.78, 5) is 19.7. The van der Waals surface area contributed by atoms with Gasteiger partial charge in [-0.2, -0.15) is 0 Å². The molecule has 2 rings (SSSR count). The minimum atomic E-state index is -0.455. The first-order valence-electron chi connectivity index (χ1n) is 6.05. The number of primary amides is 1. The van der Waals surface area contributed by atoms with E-state index in [1.807, 2.05) is 13.0 Å². The van der Waals surface area contributed by atoms with E-state index in [9.17, 15) is 4.79 Å². The molecule has 6 nitrogen and oxygen atoms in total. The summed E-state index contributed by atoms with van der Waals surface area (Å²) in [5, 5.41) is 0. The number of hydrogen-bond donors (Lipinski definition) is 1. The number of nitrogens with zero attached hydrogens (tertiary/aromatic N) is 3. The quantitative estimate of drug-likeness (QED) is 0.880. The fourth-order valence-corrected chi connectivity index (χ4v) is 1.73. The average Bonchev–Trinajstić information content (AvgIpc) is 2.88. The number of carbonyl (C=O) groups excluding carboxylic acids is 1. The van der Waals surface area contributed by atoms with E-state index >= 15 is 0 Å². The first-order chi connectivity index (χ1) is 9.13. The summed E-state index contributed by atoms with van der Waals surface area (Å²) in [5.74, 6) is 0.812. The van der Waals surface area contributed by atoms with Crippen LogP contribution in [0.3, 0.4) is 0 Å². The van der Waals surface area contributed by atoms with Crippen LogP contribution in [0.5, 0.6) is 5.88 Å². The number of pyridine rings is 1. The van der Waals surface area contributed by atoms with Crippen molar-refractivity contribution in [3.05, 3.63) is 30.7 Å². The smallest absolute Gasteiger partial charge is 0.240 e. The minimum absolute atomic E-state index is 0.404. The van der Waals surface area contributed by atoms with Gasteiger partial charge in [-0.25, -0.2) is 9.97 Å². The lowest BCUT2D eigenvalue weighted by molar-refractivity contribution is -0.120. The molecule has 100 valence electrons. The van der Waals surface area contributed by atoms with E-state index in [2.05, 4.69) is 9.97 Å². The van der Waals surface area contributed by atoms with Crippen molar-refractivity contribution < 1.29 is 9.53 Å². The zero-order valence-electron chi connectivity index (χ0n) is 10.9. The molecule has 0 saturated heterocycles. The number of imidazole rings is 1. The van der Waals surface area contributed by atoms with E-state index in [0.717, 1.165) is 5.56 Å². The van der Waals surface area contributed by atoms with Gasteiger partial charge >= 0.3 is 0 Å². The molecule has 0 aliphatic rings. The van der Waals surface area contributed by atoms with Crippen LogP contribution in [0.1, 0.15) is 19.9 Å². The molecular weight excluding hydrogens is 244 g/mol. The van der Waals surface area contributed by atoms with Gasteiger partial charge in [0.05, 0.1) is 6.61 Å². The number of rotatable bonds is 5. The maximum atomic E-state index is 11.3. The first kappa shape index (κ1) is 13.1. The van der Waals surface area contributed by atoms with E-state index < -0.39 is 11.9 Å². The Morgan fingerprint density at radius 3 is 2.84 bits per heavy atom. The highest BCUT2D eigenvalue weighted by atomic mass is 16.5. The van der Waals surface area contributed by atoms with Crippen molar-refractivity contribution in [3.8, 4) is 17.3 Å². The maximum absolute atomic E-state index is 11.3. The molecule has 19 heavy (non-hydrogen) atoms. The summed E-state index contributed by atoms with van der Waals surface area (Å²) in [7, 11) is 0. The van der Waals surface area contributed by atoms with E-state index in [4.69, 9.17) is 10.5 Å². The molecule has 6 heteroatoms. The van der Waals surface area contributed by atoms with Gasteiger partial charge in [-0.1, -0.05) is 0 Å². The van der Waals surface area contributed by atoms with Crippen LogP contribution in [-0.4, -0.2) is 27.0 Å². The number of hydrogen-bond acceptors (Lipinski definition) is 4. The molecule has 0 radical (unpaired) electrons. The molecule has 2 N–H and O–H groups in total. The van der Waals surface area contributed by atoms with E-state index in [-0.39, 0.29) is 0 Å². The van der Waals surface area contributed by atoms with Crippen molar-refractivity contribution in [2.45, 2.75) is 19.9 Å². The Bertz CT molecular complexity index is 562.